The average Bonchev–Trinajstić information content (AvgIpc) is 2.38. The molecule has 3 rings (SSSR count). The molecule has 0 spiro atoms. The molecule has 2 bridgehead atoms. The third kappa shape index (κ3) is 1.56. The van der Waals surface area contributed by atoms with Gasteiger partial charge in [0.05, 0.1) is 12.5 Å². The Labute approximate surface area is 101 Å². The van der Waals surface area contributed by atoms with E-state index in [1.54, 1.807) is 7.05 Å². The monoisotopic (exact) mass is 243 g/mol. The van der Waals surface area contributed by atoms with Crippen LogP contribution in [-0.4, -0.2) is 25.3 Å². The zero-order valence-electron chi connectivity index (χ0n) is 9.88. The van der Waals surface area contributed by atoms with Crippen molar-refractivity contribution in [1.29, 1.82) is 0 Å². The summed E-state index contributed by atoms with van der Waals surface area (Å²) in [5.74, 6) is -0.0367. The molecule has 3 nitrogen and oxygen atoms in total. The second-order valence-corrected chi connectivity index (χ2v) is 5.42. The number of carbonyl (C=O) groups excluding carboxylic acids is 1. The Kier molecular flexibility index (Phi) is 2.99. The second kappa shape index (κ2) is 4.02. The van der Waals surface area contributed by atoms with Crippen molar-refractivity contribution in [3.8, 4) is 0 Å². The molecule has 0 unspecified atom stereocenters. The molecule has 0 atom stereocenters. The molecular weight excluding hydrogens is 226 g/mol. The Balaban J connectivity index is 2.18. The van der Waals surface area contributed by atoms with Crippen molar-refractivity contribution in [2.45, 2.75) is 38.5 Å². The minimum Gasteiger partial charge on any atom is -0.469 e. The molecule has 0 aromatic rings. The number of methoxy groups -OCH3 is 1. The molecule has 3 aliphatic rings. The van der Waals surface area contributed by atoms with Gasteiger partial charge in [-0.1, -0.05) is 11.6 Å². The lowest BCUT2D eigenvalue weighted by Gasteiger charge is -2.51. The van der Waals surface area contributed by atoms with E-state index in [1.165, 1.54) is 7.11 Å². The van der Waals surface area contributed by atoms with E-state index >= 15 is 0 Å². The first kappa shape index (κ1) is 11.9. The normalized spacial score (nSPS) is 38.6. The number of hydrogen-bond donors (Lipinski definition) is 0. The summed E-state index contributed by atoms with van der Waals surface area (Å²) in [7, 11) is 3.22. The zero-order valence-corrected chi connectivity index (χ0v) is 10.6. The van der Waals surface area contributed by atoms with Crippen molar-refractivity contribution in [1.82, 2.24) is 0 Å². The van der Waals surface area contributed by atoms with Crippen LogP contribution in [0.3, 0.4) is 0 Å². The van der Waals surface area contributed by atoms with Crippen molar-refractivity contribution < 1.29 is 9.53 Å². The third-order valence-corrected chi connectivity index (χ3v) is 5.07. The predicted octanol–water partition coefficient (Wildman–Crippen LogP) is 2.77. The number of fused-ring (bicyclic) bond motifs is 3. The van der Waals surface area contributed by atoms with Crippen LogP contribution in [0.25, 0.3) is 0 Å². The van der Waals surface area contributed by atoms with Crippen LogP contribution in [0.1, 0.15) is 38.5 Å². The van der Waals surface area contributed by atoms with Gasteiger partial charge in [-0.15, -0.1) is 0 Å². The van der Waals surface area contributed by atoms with Gasteiger partial charge < -0.3 is 4.74 Å². The Morgan fingerprint density at radius 2 is 1.56 bits per heavy atom. The van der Waals surface area contributed by atoms with E-state index in [9.17, 15) is 4.79 Å². The predicted molar refractivity (Wildman–Crippen MR) is 63.8 cm³/mol. The lowest BCUT2D eigenvalue weighted by Crippen LogP contribution is -2.48. The van der Waals surface area contributed by atoms with Crippen LogP contribution in [0.4, 0.5) is 0 Å². The summed E-state index contributed by atoms with van der Waals surface area (Å²) in [4.78, 5) is 15.9. The molecule has 4 heteroatoms. The number of esters is 1. The summed E-state index contributed by atoms with van der Waals surface area (Å²) in [6.07, 6.45) is 5.59. The molecule has 3 saturated carbocycles. The summed E-state index contributed by atoms with van der Waals surface area (Å²) >= 11 is 6.22. The summed E-state index contributed by atoms with van der Waals surface area (Å²) in [6.45, 7) is 0. The standard InChI is InChI=1S/C12H18ClNO2/c1-14-9(13)11-3-6-12(7-4-11,8-5-11)10(15)16-2/h3-8H2,1-2H3/b14-9-. The van der Waals surface area contributed by atoms with Gasteiger partial charge in [0.1, 0.15) is 5.17 Å². The topological polar surface area (TPSA) is 38.7 Å². The van der Waals surface area contributed by atoms with E-state index in [0.29, 0.717) is 0 Å². The number of halogens is 1. The fourth-order valence-corrected chi connectivity index (χ4v) is 3.54. The quantitative estimate of drug-likeness (QED) is 0.553. The number of nitrogens with zero attached hydrogens (tertiary/aromatic N) is 1. The molecule has 3 fully saturated rings. The molecule has 0 aromatic carbocycles. The molecular formula is C12H18ClNO2. The first-order chi connectivity index (χ1) is 7.58. The van der Waals surface area contributed by atoms with E-state index in [0.717, 1.165) is 43.7 Å². The smallest absolute Gasteiger partial charge is 0.311 e. The van der Waals surface area contributed by atoms with Crippen LogP contribution < -0.4 is 0 Å². The summed E-state index contributed by atoms with van der Waals surface area (Å²) in [6, 6.07) is 0. The number of rotatable bonds is 2. The van der Waals surface area contributed by atoms with Gasteiger partial charge in [0.2, 0.25) is 0 Å². The Morgan fingerprint density at radius 1 is 1.12 bits per heavy atom. The molecule has 0 aliphatic heterocycles. The summed E-state index contributed by atoms with van der Waals surface area (Å²) in [5.41, 5.74) is -0.159. The van der Waals surface area contributed by atoms with Crippen molar-refractivity contribution in [2.75, 3.05) is 14.2 Å². The van der Waals surface area contributed by atoms with E-state index in [4.69, 9.17) is 16.3 Å². The van der Waals surface area contributed by atoms with Gasteiger partial charge in [0, 0.05) is 12.5 Å². The first-order valence-corrected chi connectivity index (χ1v) is 6.18. The van der Waals surface area contributed by atoms with Gasteiger partial charge >= 0.3 is 5.97 Å². The summed E-state index contributed by atoms with van der Waals surface area (Å²) < 4.78 is 4.93. The third-order valence-electron chi connectivity index (χ3n) is 4.50. The van der Waals surface area contributed by atoms with Gasteiger partial charge in [0.15, 0.2) is 0 Å². The highest BCUT2D eigenvalue weighted by molar-refractivity contribution is 6.66. The molecule has 90 valence electrons. The average molecular weight is 244 g/mol. The van der Waals surface area contributed by atoms with Crippen LogP contribution in [0.2, 0.25) is 0 Å². The fourth-order valence-electron chi connectivity index (χ4n) is 3.25. The molecule has 0 saturated heterocycles. The van der Waals surface area contributed by atoms with Gasteiger partial charge in [-0.05, 0) is 38.5 Å². The molecule has 16 heavy (non-hydrogen) atoms. The van der Waals surface area contributed by atoms with Crippen molar-refractivity contribution in [3.63, 3.8) is 0 Å². The Morgan fingerprint density at radius 3 is 1.94 bits per heavy atom. The highest BCUT2D eigenvalue weighted by atomic mass is 35.5. The highest BCUT2D eigenvalue weighted by Gasteiger charge is 2.54. The number of aliphatic imine (C=N–C) groups is 1. The van der Waals surface area contributed by atoms with Crippen LogP contribution in [0.5, 0.6) is 0 Å². The number of hydrogen-bond acceptors (Lipinski definition) is 3. The molecule has 0 heterocycles. The van der Waals surface area contributed by atoms with Crippen LogP contribution in [0, 0.1) is 10.8 Å². The Hall–Kier alpha value is -0.570. The molecule has 0 aromatic heterocycles. The van der Waals surface area contributed by atoms with E-state index < -0.39 is 0 Å². The summed E-state index contributed by atoms with van der Waals surface area (Å²) in [5, 5.41) is 0.741. The highest BCUT2D eigenvalue weighted by Crippen LogP contribution is 2.58. The SMILES string of the molecule is C/N=C(\Cl)C12CCC(C(=O)OC)(CC1)CC2. The van der Waals surface area contributed by atoms with Crippen LogP contribution >= 0.6 is 11.6 Å². The maximum Gasteiger partial charge on any atom is 0.311 e. The second-order valence-electron chi connectivity index (χ2n) is 5.07. The van der Waals surface area contributed by atoms with Crippen LogP contribution in [-0.2, 0) is 9.53 Å². The molecule has 0 amide bonds. The van der Waals surface area contributed by atoms with E-state index in [2.05, 4.69) is 4.99 Å². The number of carbonyl (C=O) groups is 1. The van der Waals surface area contributed by atoms with Crippen molar-refractivity contribution in [2.24, 2.45) is 15.8 Å². The van der Waals surface area contributed by atoms with Gasteiger partial charge in [-0.2, -0.15) is 0 Å². The Bertz CT molecular complexity index is 313. The zero-order chi connectivity index (χ0) is 11.8. The maximum absolute atomic E-state index is 11.8. The fraction of sp³-hybridized carbons (Fsp3) is 0.833. The van der Waals surface area contributed by atoms with E-state index in [-0.39, 0.29) is 16.8 Å². The molecule has 3 aliphatic carbocycles. The maximum atomic E-state index is 11.8. The largest absolute Gasteiger partial charge is 0.469 e. The van der Waals surface area contributed by atoms with Crippen molar-refractivity contribution in [3.05, 3.63) is 0 Å². The van der Waals surface area contributed by atoms with Gasteiger partial charge in [-0.3, -0.25) is 9.79 Å². The minimum absolute atomic E-state index is 0.0367. The lowest BCUT2D eigenvalue weighted by atomic mass is 9.54. The minimum atomic E-state index is -0.221. The van der Waals surface area contributed by atoms with Crippen LogP contribution in [0.15, 0.2) is 4.99 Å². The first-order valence-electron chi connectivity index (χ1n) is 5.80. The van der Waals surface area contributed by atoms with Gasteiger partial charge in [0.25, 0.3) is 0 Å². The van der Waals surface area contributed by atoms with E-state index in [1.807, 2.05) is 0 Å². The van der Waals surface area contributed by atoms with Gasteiger partial charge in [-0.25, -0.2) is 0 Å². The molecule has 0 radical (unpaired) electrons. The molecule has 0 N–H and O–H groups in total. The number of ether oxygens (including phenoxy) is 1. The lowest BCUT2D eigenvalue weighted by molar-refractivity contribution is -0.160. The van der Waals surface area contributed by atoms with Crippen molar-refractivity contribution >= 4 is 22.7 Å².